The standard InChI is InChI=1S/C29H34F2N4O4S/c1-17(2)16-39-22-11-20(10-21(30)12-22)26-24(31)13-23(27(33-26)35-15-18(3)14-29(35,5)6)28(36)34-40(37,38)25-9-7-8-19(4)32-25/h7-13,17-18H,14-16H2,1-6H3,(H,34,36)/t18-/m0/s1. The van der Waals surface area contributed by atoms with E-state index < -0.39 is 33.1 Å². The third-order valence-electron chi connectivity index (χ3n) is 6.62. The number of anilines is 1. The number of carbonyl (C=O) groups excluding carboxylic acids is 1. The number of rotatable bonds is 8. The van der Waals surface area contributed by atoms with E-state index in [1.165, 1.54) is 24.3 Å². The maximum absolute atomic E-state index is 15.6. The highest BCUT2D eigenvalue weighted by Gasteiger charge is 2.40. The van der Waals surface area contributed by atoms with Gasteiger partial charge in [-0.25, -0.2) is 23.5 Å². The predicted octanol–water partition coefficient (Wildman–Crippen LogP) is 5.51. The highest BCUT2D eigenvalue weighted by molar-refractivity contribution is 7.90. The van der Waals surface area contributed by atoms with E-state index in [0.29, 0.717) is 18.8 Å². The van der Waals surface area contributed by atoms with Gasteiger partial charge in [-0.3, -0.25) is 4.79 Å². The molecular formula is C29H34F2N4O4S. The average Bonchev–Trinajstić information content (AvgIpc) is 3.13. The molecule has 0 unspecified atom stereocenters. The number of hydrogen-bond donors (Lipinski definition) is 1. The van der Waals surface area contributed by atoms with E-state index in [1.54, 1.807) is 13.0 Å². The van der Waals surface area contributed by atoms with E-state index in [0.717, 1.165) is 18.6 Å². The zero-order valence-electron chi connectivity index (χ0n) is 23.5. The molecule has 1 aromatic carbocycles. The Morgan fingerprint density at radius 2 is 1.90 bits per heavy atom. The van der Waals surface area contributed by atoms with Gasteiger partial charge in [0.1, 0.15) is 28.9 Å². The zero-order valence-corrected chi connectivity index (χ0v) is 24.3. The first-order valence-corrected chi connectivity index (χ1v) is 14.6. The maximum Gasteiger partial charge on any atom is 0.281 e. The molecule has 0 aliphatic carbocycles. The van der Waals surface area contributed by atoms with Gasteiger partial charge in [-0.05, 0) is 69.4 Å². The number of hydrogen-bond acceptors (Lipinski definition) is 7. The molecule has 1 aliphatic rings. The van der Waals surface area contributed by atoms with Crippen molar-refractivity contribution in [3.05, 3.63) is 65.4 Å². The fourth-order valence-corrected chi connectivity index (χ4v) is 5.94. The lowest BCUT2D eigenvalue weighted by atomic mass is 9.97. The fourth-order valence-electron chi connectivity index (χ4n) is 4.96. The normalized spacial score (nSPS) is 16.8. The molecule has 1 amide bonds. The Bertz CT molecular complexity index is 1540. The van der Waals surface area contributed by atoms with Crippen LogP contribution in [0.15, 0.2) is 47.5 Å². The fraction of sp³-hybridized carbons (Fsp3) is 0.414. The Morgan fingerprint density at radius 3 is 2.52 bits per heavy atom. The molecule has 1 atom stereocenters. The molecule has 0 bridgehead atoms. The minimum Gasteiger partial charge on any atom is -0.493 e. The van der Waals surface area contributed by atoms with Gasteiger partial charge in [0.25, 0.3) is 15.9 Å². The first-order chi connectivity index (χ1) is 18.7. The molecular weight excluding hydrogens is 538 g/mol. The average molecular weight is 573 g/mol. The molecule has 214 valence electrons. The van der Waals surface area contributed by atoms with E-state index in [4.69, 9.17) is 4.74 Å². The van der Waals surface area contributed by atoms with Crippen molar-refractivity contribution in [2.45, 2.75) is 58.5 Å². The second kappa shape index (κ2) is 11.1. The van der Waals surface area contributed by atoms with Crippen molar-refractivity contribution in [2.24, 2.45) is 11.8 Å². The Kier molecular flexibility index (Phi) is 8.16. The number of halogens is 2. The van der Waals surface area contributed by atoms with E-state index >= 15 is 4.39 Å². The molecule has 3 aromatic rings. The molecule has 0 radical (unpaired) electrons. The van der Waals surface area contributed by atoms with Gasteiger partial charge in [-0.2, -0.15) is 8.42 Å². The molecule has 4 rings (SSSR count). The molecule has 40 heavy (non-hydrogen) atoms. The first kappa shape index (κ1) is 29.4. The van der Waals surface area contributed by atoms with Crippen LogP contribution in [0, 0.1) is 30.4 Å². The molecule has 8 nitrogen and oxygen atoms in total. The highest BCUT2D eigenvalue weighted by Crippen LogP contribution is 2.39. The van der Waals surface area contributed by atoms with Crippen LogP contribution in [0.25, 0.3) is 11.3 Å². The zero-order chi connectivity index (χ0) is 29.4. The summed E-state index contributed by atoms with van der Waals surface area (Å²) < 4.78 is 63.8. The van der Waals surface area contributed by atoms with Crippen molar-refractivity contribution in [3.8, 4) is 17.0 Å². The smallest absolute Gasteiger partial charge is 0.281 e. The summed E-state index contributed by atoms with van der Waals surface area (Å²) in [5.41, 5.74) is -0.328. The largest absolute Gasteiger partial charge is 0.493 e. The lowest BCUT2D eigenvalue weighted by Gasteiger charge is -2.34. The summed E-state index contributed by atoms with van der Waals surface area (Å²) in [6, 6.07) is 9.19. The Labute approximate surface area is 233 Å². The Hall–Kier alpha value is -3.60. The van der Waals surface area contributed by atoms with Crippen LogP contribution < -0.4 is 14.4 Å². The van der Waals surface area contributed by atoms with Crippen LogP contribution in [0.5, 0.6) is 5.75 Å². The molecule has 1 aliphatic heterocycles. The van der Waals surface area contributed by atoms with Gasteiger partial charge in [0.2, 0.25) is 0 Å². The van der Waals surface area contributed by atoms with Crippen LogP contribution in [0.1, 0.15) is 57.1 Å². The third-order valence-corrected chi connectivity index (χ3v) is 7.85. The second-order valence-electron chi connectivity index (χ2n) is 11.4. The van der Waals surface area contributed by atoms with Gasteiger partial charge >= 0.3 is 0 Å². The molecule has 0 saturated carbocycles. The number of benzene rings is 1. The minimum absolute atomic E-state index is 0.101. The summed E-state index contributed by atoms with van der Waals surface area (Å²) in [7, 11) is -4.36. The van der Waals surface area contributed by atoms with E-state index in [9.17, 15) is 17.6 Å². The van der Waals surface area contributed by atoms with Gasteiger partial charge in [0.05, 0.1) is 12.2 Å². The summed E-state index contributed by atoms with van der Waals surface area (Å²) in [5.74, 6) is -1.85. The van der Waals surface area contributed by atoms with E-state index in [1.807, 2.05) is 44.2 Å². The number of aromatic nitrogens is 2. The summed E-state index contributed by atoms with van der Waals surface area (Å²) in [4.78, 5) is 23.8. The number of aryl methyl sites for hydroxylation is 1. The van der Waals surface area contributed by atoms with Gasteiger partial charge in [-0.15, -0.1) is 0 Å². The molecule has 11 heteroatoms. The first-order valence-electron chi connectivity index (χ1n) is 13.1. The number of nitrogens with one attached hydrogen (secondary N) is 1. The van der Waals surface area contributed by atoms with Crippen LogP contribution in [-0.4, -0.2) is 43.0 Å². The quantitative estimate of drug-likeness (QED) is 0.380. The van der Waals surface area contributed by atoms with Crippen LogP contribution in [0.3, 0.4) is 0 Å². The number of sulfonamides is 1. The molecule has 2 aromatic heterocycles. The summed E-state index contributed by atoms with van der Waals surface area (Å²) in [6.45, 7) is 12.4. The van der Waals surface area contributed by atoms with Gasteiger partial charge < -0.3 is 9.64 Å². The molecule has 1 fully saturated rings. The number of carbonyl (C=O) groups is 1. The molecule has 1 N–H and O–H groups in total. The van der Waals surface area contributed by atoms with Crippen LogP contribution in [0.2, 0.25) is 0 Å². The number of ether oxygens (including phenoxy) is 1. The summed E-state index contributed by atoms with van der Waals surface area (Å²) in [5, 5.41) is -0.337. The van der Waals surface area contributed by atoms with Crippen LogP contribution >= 0.6 is 0 Å². The van der Waals surface area contributed by atoms with Gasteiger partial charge in [0, 0.05) is 29.4 Å². The molecule has 3 heterocycles. The van der Waals surface area contributed by atoms with Crippen molar-refractivity contribution in [1.29, 1.82) is 0 Å². The Balaban J connectivity index is 1.82. The van der Waals surface area contributed by atoms with E-state index in [2.05, 4.69) is 9.97 Å². The minimum atomic E-state index is -4.36. The van der Waals surface area contributed by atoms with Crippen LogP contribution in [0.4, 0.5) is 14.6 Å². The summed E-state index contributed by atoms with van der Waals surface area (Å²) in [6.07, 6.45) is 0.765. The second-order valence-corrected chi connectivity index (χ2v) is 13.0. The van der Waals surface area contributed by atoms with Crippen molar-refractivity contribution in [1.82, 2.24) is 14.7 Å². The third kappa shape index (κ3) is 6.41. The topological polar surface area (TPSA) is 101 Å². The van der Waals surface area contributed by atoms with Crippen molar-refractivity contribution in [2.75, 3.05) is 18.1 Å². The Morgan fingerprint density at radius 1 is 1.18 bits per heavy atom. The molecule has 1 saturated heterocycles. The van der Waals surface area contributed by atoms with Crippen molar-refractivity contribution < 1.29 is 26.7 Å². The molecule has 0 spiro atoms. The maximum atomic E-state index is 15.6. The van der Waals surface area contributed by atoms with Gasteiger partial charge in [-0.1, -0.05) is 26.8 Å². The lowest BCUT2D eigenvalue weighted by molar-refractivity contribution is 0.0981. The number of nitrogens with zero attached hydrogens (tertiary/aromatic N) is 3. The highest BCUT2D eigenvalue weighted by atomic mass is 32.2. The lowest BCUT2D eigenvalue weighted by Crippen LogP contribution is -2.41. The van der Waals surface area contributed by atoms with Crippen LogP contribution in [-0.2, 0) is 10.0 Å². The predicted molar refractivity (Wildman–Crippen MR) is 149 cm³/mol. The number of pyridine rings is 2. The SMILES string of the molecule is Cc1cccc(S(=O)(=O)NC(=O)c2cc(F)c(-c3cc(F)cc(OCC(C)C)c3)nc2N2C[C@@H](C)CC2(C)C)n1. The van der Waals surface area contributed by atoms with Crippen molar-refractivity contribution in [3.63, 3.8) is 0 Å². The van der Waals surface area contributed by atoms with E-state index in [-0.39, 0.29) is 45.2 Å². The van der Waals surface area contributed by atoms with Crippen molar-refractivity contribution >= 4 is 21.7 Å². The summed E-state index contributed by atoms with van der Waals surface area (Å²) >= 11 is 0. The monoisotopic (exact) mass is 572 g/mol. The number of amides is 1. The van der Waals surface area contributed by atoms with Gasteiger partial charge in [0.15, 0.2) is 5.03 Å².